The molecule has 0 unspecified atom stereocenters. The lowest BCUT2D eigenvalue weighted by molar-refractivity contribution is 0.174. The Hall–Kier alpha value is -2.36. The summed E-state index contributed by atoms with van der Waals surface area (Å²) in [6.45, 7) is 2.16. The zero-order valence-corrected chi connectivity index (χ0v) is 10.8. The number of hydrogen-bond acceptors (Lipinski definition) is 4. The van der Waals surface area contributed by atoms with Gasteiger partial charge in [-0.1, -0.05) is 6.07 Å². The van der Waals surface area contributed by atoms with E-state index in [-0.39, 0.29) is 6.79 Å². The molecule has 0 saturated carbocycles. The van der Waals surface area contributed by atoms with Crippen LogP contribution in [0.5, 0.6) is 17.2 Å². The van der Waals surface area contributed by atoms with Gasteiger partial charge in [-0.15, -0.1) is 0 Å². The zero-order valence-electron chi connectivity index (χ0n) is 10.8. The normalized spacial score (nSPS) is 17.1. The van der Waals surface area contributed by atoms with Gasteiger partial charge in [0.25, 0.3) is 0 Å². The van der Waals surface area contributed by atoms with Crippen LogP contribution in [-0.4, -0.2) is 18.4 Å². The van der Waals surface area contributed by atoms with Crippen LogP contribution in [0.4, 0.5) is 5.69 Å². The third kappa shape index (κ3) is 1.17. The first-order valence-corrected chi connectivity index (χ1v) is 6.84. The molecule has 2 aromatic rings. The van der Waals surface area contributed by atoms with E-state index >= 15 is 0 Å². The van der Waals surface area contributed by atoms with Gasteiger partial charge in [-0.3, -0.25) is 0 Å². The van der Waals surface area contributed by atoms with Crippen LogP contribution in [0.15, 0.2) is 24.3 Å². The Morgan fingerprint density at radius 2 is 1.90 bits per heavy atom. The molecule has 2 aromatic carbocycles. The summed E-state index contributed by atoms with van der Waals surface area (Å²) in [5.41, 5.74) is 5.72. The highest BCUT2D eigenvalue weighted by Gasteiger charge is 2.32. The number of phenolic OH excluding ortho intramolecular Hbond substituents is 1. The van der Waals surface area contributed by atoms with Crippen molar-refractivity contribution in [2.45, 2.75) is 13.0 Å². The highest BCUT2D eigenvalue weighted by molar-refractivity contribution is 5.92. The number of aromatic hydroxyl groups is 1. The maximum atomic E-state index is 10.3. The van der Waals surface area contributed by atoms with E-state index in [9.17, 15) is 5.11 Å². The third-order valence-electron chi connectivity index (χ3n) is 4.44. The van der Waals surface area contributed by atoms with Crippen LogP contribution in [0, 0.1) is 0 Å². The Labute approximate surface area is 116 Å². The summed E-state index contributed by atoms with van der Waals surface area (Å²) in [6, 6.07) is 7.89. The van der Waals surface area contributed by atoms with Crippen molar-refractivity contribution in [2.24, 2.45) is 0 Å². The van der Waals surface area contributed by atoms with Gasteiger partial charge in [0.05, 0.1) is 5.69 Å². The quantitative estimate of drug-likeness (QED) is 0.797. The van der Waals surface area contributed by atoms with Crippen LogP contribution in [0.3, 0.4) is 0 Å². The largest absolute Gasteiger partial charge is 0.507 e. The highest BCUT2D eigenvalue weighted by atomic mass is 16.7. The number of fused-ring (bicyclic) bond motifs is 3. The molecule has 1 N–H and O–H groups in total. The van der Waals surface area contributed by atoms with Crippen LogP contribution in [0.1, 0.15) is 11.1 Å². The van der Waals surface area contributed by atoms with Gasteiger partial charge in [0.2, 0.25) is 6.79 Å². The van der Waals surface area contributed by atoms with Crippen molar-refractivity contribution < 1.29 is 14.6 Å². The lowest BCUT2D eigenvalue weighted by atomic mass is 9.91. The molecule has 0 saturated heterocycles. The van der Waals surface area contributed by atoms with Crippen molar-refractivity contribution in [1.82, 2.24) is 0 Å². The second kappa shape index (κ2) is 3.39. The summed E-state index contributed by atoms with van der Waals surface area (Å²) in [4.78, 5) is 2.34. The molecule has 3 aliphatic rings. The monoisotopic (exact) mass is 267 g/mol. The molecule has 0 spiro atoms. The number of phenols is 1. The zero-order chi connectivity index (χ0) is 13.3. The molecule has 0 amide bonds. The number of hydrogen-bond donors (Lipinski definition) is 1. The number of ether oxygens (including phenoxy) is 2. The maximum Gasteiger partial charge on any atom is 0.231 e. The second-order valence-electron chi connectivity index (χ2n) is 5.50. The van der Waals surface area contributed by atoms with Crippen LogP contribution in [0.2, 0.25) is 0 Å². The highest BCUT2D eigenvalue weighted by Crippen LogP contribution is 2.51. The number of benzene rings is 2. The molecule has 0 radical (unpaired) electrons. The predicted octanol–water partition coefficient (Wildman–Crippen LogP) is 2.66. The SMILES string of the molecule is Oc1ccc2c3c1-c1cc4c(cc1CN3CC2)OCO4. The van der Waals surface area contributed by atoms with Crippen LogP contribution < -0.4 is 14.4 Å². The van der Waals surface area contributed by atoms with Gasteiger partial charge in [0.15, 0.2) is 11.5 Å². The van der Waals surface area contributed by atoms with E-state index in [0.717, 1.165) is 42.1 Å². The van der Waals surface area contributed by atoms with Crippen molar-refractivity contribution in [3.05, 3.63) is 35.4 Å². The predicted molar refractivity (Wildman–Crippen MR) is 74.4 cm³/mol. The maximum absolute atomic E-state index is 10.3. The number of nitrogens with zero attached hydrogens (tertiary/aromatic N) is 1. The molecule has 4 nitrogen and oxygen atoms in total. The smallest absolute Gasteiger partial charge is 0.231 e. The minimum Gasteiger partial charge on any atom is -0.507 e. The lowest BCUT2D eigenvalue weighted by Gasteiger charge is -2.30. The number of rotatable bonds is 0. The van der Waals surface area contributed by atoms with Crippen LogP contribution in [-0.2, 0) is 13.0 Å². The van der Waals surface area contributed by atoms with Gasteiger partial charge in [0, 0.05) is 18.7 Å². The van der Waals surface area contributed by atoms with Crippen LogP contribution in [0.25, 0.3) is 11.1 Å². The minimum atomic E-state index is 0.279. The summed E-state index contributed by atoms with van der Waals surface area (Å²) >= 11 is 0. The van der Waals surface area contributed by atoms with Gasteiger partial charge in [-0.2, -0.15) is 0 Å². The molecule has 0 fully saturated rings. The summed E-state index contributed by atoms with van der Waals surface area (Å²) in [5, 5.41) is 10.3. The van der Waals surface area contributed by atoms with Crippen molar-refractivity contribution in [1.29, 1.82) is 0 Å². The average molecular weight is 267 g/mol. The van der Waals surface area contributed by atoms with E-state index in [1.165, 1.54) is 16.8 Å². The summed E-state index contributed by atoms with van der Waals surface area (Å²) < 4.78 is 10.9. The summed E-state index contributed by atoms with van der Waals surface area (Å²) in [7, 11) is 0. The van der Waals surface area contributed by atoms with E-state index in [1.807, 2.05) is 18.2 Å². The van der Waals surface area contributed by atoms with Gasteiger partial charge < -0.3 is 19.5 Å². The van der Waals surface area contributed by atoms with E-state index < -0.39 is 0 Å². The Balaban J connectivity index is 1.84. The molecule has 3 aliphatic heterocycles. The fourth-order valence-corrected chi connectivity index (χ4v) is 3.53. The first kappa shape index (κ1) is 10.4. The molecule has 0 aromatic heterocycles. The van der Waals surface area contributed by atoms with E-state index in [1.54, 1.807) is 6.07 Å². The van der Waals surface area contributed by atoms with Gasteiger partial charge in [0.1, 0.15) is 5.75 Å². The first-order chi connectivity index (χ1) is 9.81. The Morgan fingerprint density at radius 3 is 2.80 bits per heavy atom. The van der Waals surface area contributed by atoms with Gasteiger partial charge in [-0.05, 0) is 41.3 Å². The van der Waals surface area contributed by atoms with Gasteiger partial charge in [-0.25, -0.2) is 0 Å². The molecule has 20 heavy (non-hydrogen) atoms. The molecular formula is C16H13NO3. The molecule has 0 aliphatic carbocycles. The molecule has 0 atom stereocenters. The van der Waals surface area contributed by atoms with E-state index in [2.05, 4.69) is 4.90 Å². The Bertz CT molecular complexity index is 754. The molecule has 0 bridgehead atoms. The summed E-state index contributed by atoms with van der Waals surface area (Å²) in [6.07, 6.45) is 1.04. The topological polar surface area (TPSA) is 41.9 Å². The fraction of sp³-hybridized carbons (Fsp3) is 0.250. The Morgan fingerprint density at radius 1 is 1.05 bits per heavy atom. The van der Waals surface area contributed by atoms with Crippen molar-refractivity contribution >= 4 is 5.69 Å². The molecular weight excluding hydrogens is 254 g/mol. The molecule has 5 rings (SSSR count). The fourth-order valence-electron chi connectivity index (χ4n) is 3.53. The second-order valence-corrected chi connectivity index (χ2v) is 5.50. The summed E-state index contributed by atoms with van der Waals surface area (Å²) in [5.74, 6) is 1.92. The van der Waals surface area contributed by atoms with Crippen molar-refractivity contribution in [3.63, 3.8) is 0 Å². The Kier molecular flexibility index (Phi) is 1.77. The minimum absolute atomic E-state index is 0.279. The van der Waals surface area contributed by atoms with Crippen molar-refractivity contribution in [3.8, 4) is 28.4 Å². The van der Waals surface area contributed by atoms with Crippen molar-refractivity contribution in [2.75, 3.05) is 18.2 Å². The average Bonchev–Trinajstić information content (AvgIpc) is 3.06. The third-order valence-corrected chi connectivity index (χ3v) is 4.44. The lowest BCUT2D eigenvalue weighted by Crippen LogP contribution is -2.23. The molecule has 3 heterocycles. The van der Waals surface area contributed by atoms with Gasteiger partial charge >= 0.3 is 0 Å². The van der Waals surface area contributed by atoms with E-state index in [4.69, 9.17) is 9.47 Å². The van der Waals surface area contributed by atoms with E-state index in [0.29, 0.717) is 5.75 Å². The molecule has 100 valence electrons. The number of anilines is 1. The molecule has 4 heteroatoms. The van der Waals surface area contributed by atoms with Crippen LogP contribution >= 0.6 is 0 Å². The first-order valence-electron chi connectivity index (χ1n) is 6.84. The standard InChI is InChI=1S/C16H13NO3/c18-12-2-1-9-3-4-17-7-10-5-13-14(20-8-19-13)6-11(10)15(12)16(9)17/h1-2,5-6,18H,3-4,7-8H2.